The van der Waals surface area contributed by atoms with E-state index in [4.69, 9.17) is 16.1 Å². The van der Waals surface area contributed by atoms with Crippen molar-refractivity contribution in [2.45, 2.75) is 35.8 Å². The van der Waals surface area contributed by atoms with Crippen LogP contribution in [0.3, 0.4) is 0 Å². The zero-order chi connectivity index (χ0) is 22.3. The number of nitrogens with zero attached hydrogens (tertiary/aromatic N) is 5. The lowest BCUT2D eigenvalue weighted by atomic mass is 10.1. The van der Waals surface area contributed by atoms with Crippen LogP contribution in [0, 0.1) is 0 Å². The number of alkyl halides is 3. The molecule has 2 heterocycles. The van der Waals surface area contributed by atoms with Crippen LogP contribution >= 0.6 is 23.4 Å². The molecule has 4 aromatic rings. The van der Waals surface area contributed by atoms with Crippen molar-refractivity contribution >= 4 is 23.4 Å². The first-order chi connectivity index (χ1) is 15.4. The van der Waals surface area contributed by atoms with Gasteiger partial charge in [0.2, 0.25) is 5.89 Å². The first-order valence-corrected chi connectivity index (χ1v) is 11.1. The molecule has 0 bridgehead atoms. The van der Waals surface area contributed by atoms with Gasteiger partial charge in [0, 0.05) is 11.5 Å². The van der Waals surface area contributed by atoms with E-state index in [0.29, 0.717) is 45.0 Å². The Kier molecular flexibility index (Phi) is 5.42. The molecule has 32 heavy (non-hydrogen) atoms. The Morgan fingerprint density at radius 1 is 1.09 bits per heavy atom. The van der Waals surface area contributed by atoms with E-state index in [1.165, 1.54) is 17.8 Å². The summed E-state index contributed by atoms with van der Waals surface area (Å²) in [5, 5.41) is 13.2. The highest BCUT2D eigenvalue weighted by Crippen LogP contribution is 2.39. The zero-order valence-corrected chi connectivity index (χ0v) is 18.0. The summed E-state index contributed by atoms with van der Waals surface area (Å²) in [7, 11) is 0. The van der Waals surface area contributed by atoms with Gasteiger partial charge in [-0.3, -0.25) is 4.57 Å². The molecule has 1 saturated carbocycles. The maximum atomic E-state index is 13.3. The normalized spacial score (nSPS) is 14.1. The number of hydrogen-bond acceptors (Lipinski definition) is 6. The van der Waals surface area contributed by atoms with Gasteiger partial charge in [-0.1, -0.05) is 46.7 Å². The van der Waals surface area contributed by atoms with Gasteiger partial charge >= 0.3 is 6.18 Å². The second kappa shape index (κ2) is 8.25. The van der Waals surface area contributed by atoms with Crippen molar-refractivity contribution < 1.29 is 17.7 Å². The van der Waals surface area contributed by atoms with E-state index in [0.717, 1.165) is 25.0 Å². The minimum Gasteiger partial charge on any atom is -0.339 e. The second-order valence-electron chi connectivity index (χ2n) is 7.28. The molecule has 11 heteroatoms. The molecule has 0 N–H and O–H groups in total. The van der Waals surface area contributed by atoms with E-state index in [-0.39, 0.29) is 5.69 Å². The van der Waals surface area contributed by atoms with Crippen molar-refractivity contribution in [1.82, 2.24) is 24.9 Å². The molecule has 1 aliphatic carbocycles. The number of halogens is 4. The van der Waals surface area contributed by atoms with Gasteiger partial charge in [0.15, 0.2) is 16.8 Å². The largest absolute Gasteiger partial charge is 0.416 e. The topological polar surface area (TPSA) is 69.6 Å². The van der Waals surface area contributed by atoms with Gasteiger partial charge in [-0.15, -0.1) is 10.2 Å². The van der Waals surface area contributed by atoms with Crippen LogP contribution < -0.4 is 0 Å². The molecule has 1 fully saturated rings. The highest BCUT2D eigenvalue weighted by molar-refractivity contribution is 7.98. The van der Waals surface area contributed by atoms with Gasteiger partial charge in [-0.05, 0) is 43.2 Å². The first kappa shape index (κ1) is 21.0. The van der Waals surface area contributed by atoms with Crippen molar-refractivity contribution in [2.75, 3.05) is 0 Å². The maximum Gasteiger partial charge on any atom is 0.416 e. The molecule has 0 unspecified atom stereocenters. The van der Waals surface area contributed by atoms with Crippen LogP contribution in [-0.4, -0.2) is 24.9 Å². The molecule has 164 valence electrons. The van der Waals surface area contributed by atoms with Gasteiger partial charge in [0.05, 0.1) is 22.0 Å². The summed E-state index contributed by atoms with van der Waals surface area (Å²) in [6.07, 6.45) is -2.40. The molecule has 0 aliphatic heterocycles. The van der Waals surface area contributed by atoms with E-state index >= 15 is 0 Å². The van der Waals surface area contributed by atoms with Crippen molar-refractivity contribution in [2.24, 2.45) is 0 Å². The molecular formula is C21H15ClF3N5OS. The van der Waals surface area contributed by atoms with E-state index in [1.807, 2.05) is 0 Å². The molecule has 1 aliphatic rings. The van der Waals surface area contributed by atoms with Crippen molar-refractivity contribution in [3.63, 3.8) is 0 Å². The van der Waals surface area contributed by atoms with Gasteiger partial charge in [-0.25, -0.2) is 0 Å². The Morgan fingerprint density at radius 3 is 2.66 bits per heavy atom. The third kappa shape index (κ3) is 4.24. The summed E-state index contributed by atoms with van der Waals surface area (Å²) in [4.78, 5) is 4.39. The van der Waals surface area contributed by atoms with Crippen LogP contribution in [0.4, 0.5) is 13.2 Å². The Morgan fingerprint density at radius 2 is 1.91 bits per heavy atom. The minimum absolute atomic E-state index is 0.272. The highest BCUT2D eigenvalue weighted by Gasteiger charge is 2.32. The Labute approximate surface area is 189 Å². The summed E-state index contributed by atoms with van der Waals surface area (Å²) in [6.45, 7) is 0. The third-order valence-electron chi connectivity index (χ3n) is 4.92. The number of benzene rings is 2. The van der Waals surface area contributed by atoms with Crippen molar-refractivity contribution in [3.05, 3.63) is 70.8 Å². The number of hydrogen-bond donors (Lipinski definition) is 0. The fourth-order valence-corrected chi connectivity index (χ4v) is 4.20. The number of aromatic nitrogens is 5. The van der Waals surface area contributed by atoms with E-state index < -0.39 is 11.7 Å². The van der Waals surface area contributed by atoms with Crippen molar-refractivity contribution in [3.8, 4) is 17.1 Å². The van der Waals surface area contributed by atoms with Gasteiger partial charge < -0.3 is 4.52 Å². The summed E-state index contributed by atoms with van der Waals surface area (Å²) >= 11 is 7.60. The Hall–Kier alpha value is -2.85. The van der Waals surface area contributed by atoms with Gasteiger partial charge in [0.1, 0.15) is 0 Å². The van der Waals surface area contributed by atoms with E-state index in [9.17, 15) is 13.2 Å². The monoisotopic (exact) mass is 477 g/mol. The molecule has 6 nitrogen and oxygen atoms in total. The molecule has 0 amide bonds. The van der Waals surface area contributed by atoms with Crippen LogP contribution in [-0.2, 0) is 11.9 Å². The quantitative estimate of drug-likeness (QED) is 0.310. The molecule has 0 radical (unpaired) electrons. The molecular weight excluding hydrogens is 463 g/mol. The van der Waals surface area contributed by atoms with Crippen molar-refractivity contribution in [1.29, 1.82) is 0 Å². The smallest absolute Gasteiger partial charge is 0.339 e. The first-order valence-electron chi connectivity index (χ1n) is 9.73. The van der Waals surface area contributed by atoms with Gasteiger partial charge in [-0.2, -0.15) is 18.2 Å². The maximum absolute atomic E-state index is 13.3. The predicted molar refractivity (Wildman–Crippen MR) is 113 cm³/mol. The lowest BCUT2D eigenvalue weighted by molar-refractivity contribution is -0.137. The SMILES string of the molecule is FC(F)(F)c1cccc(-n2c(SCc3noc(C4CC4)n3)nnc2-c2ccccc2Cl)c1. The molecule has 2 aromatic carbocycles. The molecule has 0 atom stereocenters. The Balaban J connectivity index is 1.54. The van der Waals surface area contributed by atoms with Crippen LogP contribution in [0.25, 0.3) is 17.1 Å². The van der Waals surface area contributed by atoms with Crippen LogP contribution in [0.1, 0.15) is 36.0 Å². The van der Waals surface area contributed by atoms with Crippen LogP contribution in [0.5, 0.6) is 0 Å². The molecule has 2 aromatic heterocycles. The third-order valence-corrected chi connectivity index (χ3v) is 6.18. The van der Waals surface area contributed by atoms with Crippen LogP contribution in [0.2, 0.25) is 5.02 Å². The summed E-state index contributed by atoms with van der Waals surface area (Å²) in [6, 6.07) is 12.0. The lowest BCUT2D eigenvalue weighted by Gasteiger charge is -2.13. The standard InChI is InChI=1S/C21H15ClF3N5OS/c22-16-7-2-1-6-15(16)18-27-28-20(32-11-17-26-19(31-29-17)12-8-9-12)30(18)14-5-3-4-13(10-14)21(23,24)25/h1-7,10,12H,8-9,11H2. The fourth-order valence-electron chi connectivity index (χ4n) is 3.19. The summed E-state index contributed by atoms with van der Waals surface area (Å²) in [5.41, 5.74) is 0.0625. The fraction of sp³-hybridized carbons (Fsp3) is 0.238. The molecule has 5 rings (SSSR count). The average molecular weight is 478 g/mol. The highest BCUT2D eigenvalue weighted by atomic mass is 35.5. The molecule has 0 spiro atoms. The summed E-state index contributed by atoms with van der Waals surface area (Å²) < 4.78 is 46.9. The van der Waals surface area contributed by atoms with E-state index in [2.05, 4.69) is 20.3 Å². The number of rotatable bonds is 6. The van der Waals surface area contributed by atoms with Crippen LogP contribution in [0.15, 0.2) is 58.2 Å². The van der Waals surface area contributed by atoms with Gasteiger partial charge in [0.25, 0.3) is 0 Å². The molecule has 0 saturated heterocycles. The lowest BCUT2D eigenvalue weighted by Crippen LogP contribution is -2.07. The average Bonchev–Trinajstić information content (AvgIpc) is 3.37. The number of thioether (sulfide) groups is 1. The minimum atomic E-state index is -4.48. The second-order valence-corrected chi connectivity index (χ2v) is 8.63. The Bertz CT molecular complexity index is 1270. The zero-order valence-electron chi connectivity index (χ0n) is 16.4. The summed E-state index contributed by atoms with van der Waals surface area (Å²) in [5.74, 6) is 2.12. The predicted octanol–water partition coefficient (Wildman–Crippen LogP) is 6.16. The van der Waals surface area contributed by atoms with E-state index in [1.54, 1.807) is 34.9 Å².